The van der Waals surface area contributed by atoms with Gasteiger partial charge in [0.05, 0.1) is 11.4 Å². The molecule has 2 aromatic rings. The van der Waals surface area contributed by atoms with Gasteiger partial charge in [0.1, 0.15) is 24.8 Å². The zero-order chi connectivity index (χ0) is 21.0. The number of halogens is 3. The van der Waals surface area contributed by atoms with Crippen LogP contribution in [0.15, 0.2) is 30.3 Å². The van der Waals surface area contributed by atoms with E-state index in [0.717, 1.165) is 6.07 Å². The molecule has 0 saturated heterocycles. The zero-order valence-electron chi connectivity index (χ0n) is 16.4. The Morgan fingerprint density at radius 3 is 2.59 bits per heavy atom. The molecule has 5 nitrogen and oxygen atoms in total. The van der Waals surface area contributed by atoms with Gasteiger partial charge in [0.25, 0.3) is 0 Å². The van der Waals surface area contributed by atoms with E-state index in [2.05, 4.69) is 0 Å². The Kier molecular flexibility index (Phi) is 6.92. The normalized spacial score (nSPS) is 12.9. The number of likely N-dealkylation sites (N-methyl/N-ethyl adjacent to an activating group) is 1. The fraction of sp³-hybridized carbons (Fsp3) is 0.381. The molecule has 2 aromatic carbocycles. The van der Waals surface area contributed by atoms with E-state index in [1.54, 1.807) is 17.0 Å². The second-order valence-corrected chi connectivity index (χ2v) is 7.54. The summed E-state index contributed by atoms with van der Waals surface area (Å²) in [5.74, 6) is -0.524. The summed E-state index contributed by atoms with van der Waals surface area (Å²) in [6, 6.07) is 6.79. The van der Waals surface area contributed by atoms with E-state index in [1.165, 1.54) is 12.1 Å². The molecule has 8 heteroatoms. The van der Waals surface area contributed by atoms with Crippen molar-refractivity contribution < 1.29 is 23.0 Å². The van der Waals surface area contributed by atoms with Crippen molar-refractivity contribution in [1.82, 2.24) is 9.80 Å². The summed E-state index contributed by atoms with van der Waals surface area (Å²) in [4.78, 5) is 16.5. The Labute approximate surface area is 173 Å². The lowest BCUT2D eigenvalue weighted by atomic mass is 10.1. The number of carbonyl (C=O) groups is 1. The monoisotopic (exact) mass is 424 g/mol. The molecule has 3 rings (SSSR count). The first kappa shape index (κ1) is 21.3. The van der Waals surface area contributed by atoms with E-state index in [0.29, 0.717) is 48.4 Å². The largest absolute Gasteiger partial charge is 0.486 e. The summed E-state index contributed by atoms with van der Waals surface area (Å²) in [7, 11) is 3.78. The molecule has 0 bridgehead atoms. The van der Waals surface area contributed by atoms with Gasteiger partial charge in [0, 0.05) is 31.3 Å². The summed E-state index contributed by atoms with van der Waals surface area (Å²) < 4.78 is 38.4. The summed E-state index contributed by atoms with van der Waals surface area (Å²) in [6.45, 7) is 1.90. The SMILES string of the molecule is CN(C)CCN(Cc1ccc(F)cc1F)C(=O)Cc1cc(Cl)c2c(c1)OCCO2. The van der Waals surface area contributed by atoms with Crippen molar-refractivity contribution >= 4 is 17.5 Å². The number of amides is 1. The predicted octanol–water partition coefficient (Wildman–Crippen LogP) is 3.52. The summed E-state index contributed by atoms with van der Waals surface area (Å²) >= 11 is 6.26. The van der Waals surface area contributed by atoms with Crippen LogP contribution in [0.1, 0.15) is 11.1 Å². The van der Waals surface area contributed by atoms with E-state index in [9.17, 15) is 13.6 Å². The average molecular weight is 425 g/mol. The maximum absolute atomic E-state index is 14.1. The van der Waals surface area contributed by atoms with Crippen LogP contribution < -0.4 is 9.47 Å². The van der Waals surface area contributed by atoms with Gasteiger partial charge < -0.3 is 19.3 Å². The topological polar surface area (TPSA) is 42.0 Å². The maximum Gasteiger partial charge on any atom is 0.227 e. The number of ether oxygens (including phenoxy) is 2. The Morgan fingerprint density at radius 2 is 1.86 bits per heavy atom. The molecule has 0 spiro atoms. The number of hydrogen-bond donors (Lipinski definition) is 0. The third kappa shape index (κ3) is 5.58. The quantitative estimate of drug-likeness (QED) is 0.682. The fourth-order valence-corrected chi connectivity index (χ4v) is 3.31. The van der Waals surface area contributed by atoms with Crippen LogP contribution in [0, 0.1) is 11.6 Å². The molecule has 0 aliphatic carbocycles. The minimum absolute atomic E-state index is 0.0526. The number of rotatable bonds is 7. The first-order chi connectivity index (χ1) is 13.8. The van der Waals surface area contributed by atoms with Gasteiger partial charge in [0.15, 0.2) is 11.5 Å². The van der Waals surface area contributed by atoms with Gasteiger partial charge in [-0.3, -0.25) is 4.79 Å². The summed E-state index contributed by atoms with van der Waals surface area (Å²) in [5.41, 5.74) is 0.942. The number of hydrogen-bond acceptors (Lipinski definition) is 4. The standard InChI is InChI=1S/C21H23ClF2N2O3/c1-25(2)5-6-26(13-15-3-4-16(23)12-18(15)24)20(27)11-14-9-17(22)21-19(10-14)28-7-8-29-21/h3-4,9-10,12H,5-8,11,13H2,1-2H3. The molecule has 1 amide bonds. The molecule has 0 atom stereocenters. The van der Waals surface area contributed by atoms with Crippen LogP contribution in [-0.2, 0) is 17.8 Å². The molecule has 29 heavy (non-hydrogen) atoms. The Balaban J connectivity index is 1.78. The van der Waals surface area contributed by atoms with Crippen molar-refractivity contribution in [2.24, 2.45) is 0 Å². The number of nitrogens with zero attached hydrogens (tertiary/aromatic N) is 2. The minimum Gasteiger partial charge on any atom is -0.486 e. The van der Waals surface area contributed by atoms with Crippen molar-refractivity contribution in [2.75, 3.05) is 40.4 Å². The zero-order valence-corrected chi connectivity index (χ0v) is 17.1. The fourth-order valence-electron chi connectivity index (χ4n) is 3.02. The molecule has 0 aromatic heterocycles. The van der Waals surface area contributed by atoms with E-state index in [4.69, 9.17) is 21.1 Å². The molecule has 0 N–H and O–H groups in total. The number of benzene rings is 2. The van der Waals surface area contributed by atoms with Crippen molar-refractivity contribution in [2.45, 2.75) is 13.0 Å². The molecule has 0 unspecified atom stereocenters. The smallest absolute Gasteiger partial charge is 0.227 e. The average Bonchev–Trinajstić information content (AvgIpc) is 2.66. The molecule has 0 radical (unpaired) electrons. The molecule has 156 valence electrons. The highest BCUT2D eigenvalue weighted by Crippen LogP contribution is 2.38. The molecule has 1 heterocycles. The van der Waals surface area contributed by atoms with Crippen molar-refractivity contribution in [1.29, 1.82) is 0 Å². The summed E-state index contributed by atoms with van der Waals surface area (Å²) in [5, 5.41) is 0.384. The Hall–Kier alpha value is -2.38. The van der Waals surface area contributed by atoms with Crippen LogP contribution in [0.3, 0.4) is 0 Å². The minimum atomic E-state index is -0.671. The third-order valence-electron chi connectivity index (χ3n) is 4.56. The van der Waals surface area contributed by atoms with E-state index >= 15 is 0 Å². The van der Waals surface area contributed by atoms with E-state index in [-0.39, 0.29) is 24.4 Å². The number of fused-ring (bicyclic) bond motifs is 1. The highest BCUT2D eigenvalue weighted by atomic mass is 35.5. The van der Waals surface area contributed by atoms with Crippen LogP contribution in [0.4, 0.5) is 8.78 Å². The van der Waals surface area contributed by atoms with E-state index in [1.807, 2.05) is 19.0 Å². The summed E-state index contributed by atoms with van der Waals surface area (Å²) in [6.07, 6.45) is 0.0760. The van der Waals surface area contributed by atoms with Gasteiger partial charge in [-0.25, -0.2) is 8.78 Å². The third-order valence-corrected chi connectivity index (χ3v) is 4.84. The van der Waals surface area contributed by atoms with Crippen molar-refractivity contribution in [3.63, 3.8) is 0 Å². The van der Waals surface area contributed by atoms with Crippen LogP contribution in [0.5, 0.6) is 11.5 Å². The maximum atomic E-state index is 14.1. The highest BCUT2D eigenvalue weighted by molar-refractivity contribution is 6.32. The molecule has 1 aliphatic heterocycles. The lowest BCUT2D eigenvalue weighted by molar-refractivity contribution is -0.131. The van der Waals surface area contributed by atoms with Crippen molar-refractivity contribution in [3.05, 3.63) is 58.1 Å². The van der Waals surface area contributed by atoms with Gasteiger partial charge >= 0.3 is 0 Å². The van der Waals surface area contributed by atoms with E-state index < -0.39 is 11.6 Å². The first-order valence-electron chi connectivity index (χ1n) is 9.28. The molecular weight excluding hydrogens is 402 g/mol. The lowest BCUT2D eigenvalue weighted by Crippen LogP contribution is -2.37. The second-order valence-electron chi connectivity index (χ2n) is 7.13. The Morgan fingerprint density at radius 1 is 1.10 bits per heavy atom. The predicted molar refractivity (Wildman–Crippen MR) is 106 cm³/mol. The van der Waals surface area contributed by atoms with Crippen LogP contribution in [-0.4, -0.2) is 56.1 Å². The molecule has 0 saturated carbocycles. The van der Waals surface area contributed by atoms with Crippen LogP contribution >= 0.6 is 11.6 Å². The first-order valence-corrected chi connectivity index (χ1v) is 9.65. The number of carbonyl (C=O) groups excluding carboxylic acids is 1. The van der Waals surface area contributed by atoms with Gasteiger partial charge in [-0.1, -0.05) is 17.7 Å². The van der Waals surface area contributed by atoms with Gasteiger partial charge in [-0.15, -0.1) is 0 Å². The van der Waals surface area contributed by atoms with Crippen LogP contribution in [0.25, 0.3) is 0 Å². The van der Waals surface area contributed by atoms with Crippen molar-refractivity contribution in [3.8, 4) is 11.5 Å². The lowest BCUT2D eigenvalue weighted by Gasteiger charge is -2.25. The molecule has 0 fully saturated rings. The Bertz CT molecular complexity index is 892. The highest BCUT2D eigenvalue weighted by Gasteiger charge is 2.21. The van der Waals surface area contributed by atoms with Crippen LogP contribution in [0.2, 0.25) is 5.02 Å². The molecular formula is C21H23ClF2N2O3. The molecule has 1 aliphatic rings. The van der Waals surface area contributed by atoms with Gasteiger partial charge in [-0.2, -0.15) is 0 Å². The van der Waals surface area contributed by atoms with Gasteiger partial charge in [0.2, 0.25) is 5.91 Å². The van der Waals surface area contributed by atoms with Gasteiger partial charge in [-0.05, 0) is 37.9 Å². The second kappa shape index (κ2) is 9.41.